The van der Waals surface area contributed by atoms with Gasteiger partial charge in [-0.05, 0) is 48.9 Å². The standard InChI is InChI=1S/C19H19BrFN3O3/c20-14-3-5-15(6-4-14)27-17-7-2-13(12-16(17)21)18(25)23-8-1-9-24(11-10-23)19(22)26/h2-7,12H,1,8-11H2,(H2,22,26). The molecule has 1 fully saturated rings. The topological polar surface area (TPSA) is 75.9 Å². The number of amides is 3. The summed E-state index contributed by atoms with van der Waals surface area (Å²) in [5.41, 5.74) is 5.53. The van der Waals surface area contributed by atoms with Gasteiger partial charge in [0.2, 0.25) is 0 Å². The Morgan fingerprint density at radius 2 is 1.67 bits per heavy atom. The highest BCUT2D eigenvalue weighted by Crippen LogP contribution is 2.26. The number of carbonyl (C=O) groups excluding carboxylic acids is 2. The van der Waals surface area contributed by atoms with Crippen molar-refractivity contribution in [1.29, 1.82) is 0 Å². The van der Waals surface area contributed by atoms with Crippen LogP contribution >= 0.6 is 15.9 Å². The summed E-state index contributed by atoms with van der Waals surface area (Å²) in [7, 11) is 0. The zero-order valence-electron chi connectivity index (χ0n) is 14.5. The van der Waals surface area contributed by atoms with Crippen LogP contribution in [0.15, 0.2) is 46.9 Å². The monoisotopic (exact) mass is 435 g/mol. The highest BCUT2D eigenvalue weighted by molar-refractivity contribution is 9.10. The Kier molecular flexibility index (Phi) is 5.95. The zero-order valence-corrected chi connectivity index (χ0v) is 16.1. The van der Waals surface area contributed by atoms with Crippen LogP contribution in [0.25, 0.3) is 0 Å². The van der Waals surface area contributed by atoms with E-state index in [4.69, 9.17) is 10.5 Å². The number of nitrogens with zero attached hydrogens (tertiary/aromatic N) is 2. The third-order valence-corrected chi connectivity index (χ3v) is 4.84. The van der Waals surface area contributed by atoms with Crippen LogP contribution in [0.2, 0.25) is 0 Å². The van der Waals surface area contributed by atoms with Crippen molar-refractivity contribution in [1.82, 2.24) is 9.80 Å². The fraction of sp³-hybridized carbons (Fsp3) is 0.263. The molecule has 3 amide bonds. The number of benzene rings is 2. The fourth-order valence-corrected chi connectivity index (χ4v) is 3.13. The van der Waals surface area contributed by atoms with Gasteiger partial charge in [0, 0.05) is 36.2 Å². The first-order valence-electron chi connectivity index (χ1n) is 8.50. The van der Waals surface area contributed by atoms with Crippen molar-refractivity contribution in [2.45, 2.75) is 6.42 Å². The van der Waals surface area contributed by atoms with Crippen LogP contribution in [0.3, 0.4) is 0 Å². The van der Waals surface area contributed by atoms with Crippen molar-refractivity contribution in [2.75, 3.05) is 26.2 Å². The normalized spacial score (nSPS) is 14.6. The Balaban J connectivity index is 1.70. The number of primary amides is 1. The lowest BCUT2D eigenvalue weighted by molar-refractivity contribution is 0.0762. The molecule has 0 atom stereocenters. The summed E-state index contributed by atoms with van der Waals surface area (Å²) in [6.45, 7) is 1.73. The number of rotatable bonds is 3. The second-order valence-electron chi connectivity index (χ2n) is 6.17. The van der Waals surface area contributed by atoms with E-state index in [1.807, 2.05) is 0 Å². The Labute approximate surface area is 164 Å². The molecule has 0 spiro atoms. The Bertz CT molecular complexity index is 845. The van der Waals surface area contributed by atoms with Gasteiger partial charge in [0.1, 0.15) is 5.75 Å². The number of urea groups is 1. The number of hydrogen-bond donors (Lipinski definition) is 1. The summed E-state index contributed by atoms with van der Waals surface area (Å²) < 4.78 is 20.8. The molecule has 0 saturated carbocycles. The molecular weight excluding hydrogens is 417 g/mol. The lowest BCUT2D eigenvalue weighted by atomic mass is 10.1. The summed E-state index contributed by atoms with van der Waals surface area (Å²) in [6.07, 6.45) is 0.627. The molecular formula is C19H19BrFN3O3. The van der Waals surface area contributed by atoms with Crippen LogP contribution in [0.1, 0.15) is 16.8 Å². The van der Waals surface area contributed by atoms with Crippen molar-refractivity contribution in [3.63, 3.8) is 0 Å². The van der Waals surface area contributed by atoms with Gasteiger partial charge in [0.05, 0.1) is 0 Å². The second-order valence-corrected chi connectivity index (χ2v) is 7.09. The minimum absolute atomic E-state index is 0.0460. The molecule has 0 aliphatic carbocycles. The molecule has 0 bridgehead atoms. The quantitative estimate of drug-likeness (QED) is 0.799. The fourth-order valence-electron chi connectivity index (χ4n) is 2.87. The van der Waals surface area contributed by atoms with Gasteiger partial charge < -0.3 is 20.3 Å². The van der Waals surface area contributed by atoms with E-state index in [0.717, 1.165) is 4.47 Å². The minimum Gasteiger partial charge on any atom is -0.454 e. The number of nitrogens with two attached hydrogens (primary N) is 1. The second kappa shape index (κ2) is 8.39. The van der Waals surface area contributed by atoms with Crippen molar-refractivity contribution < 1.29 is 18.7 Å². The van der Waals surface area contributed by atoms with Crippen LogP contribution in [-0.4, -0.2) is 47.9 Å². The molecule has 1 saturated heterocycles. The molecule has 0 radical (unpaired) electrons. The molecule has 2 aromatic carbocycles. The van der Waals surface area contributed by atoms with Crippen LogP contribution < -0.4 is 10.5 Å². The van der Waals surface area contributed by atoms with Gasteiger partial charge in [0.25, 0.3) is 5.91 Å². The van der Waals surface area contributed by atoms with E-state index in [1.165, 1.54) is 23.1 Å². The molecule has 0 unspecified atom stereocenters. The summed E-state index contributed by atoms with van der Waals surface area (Å²) in [5, 5.41) is 0. The van der Waals surface area contributed by atoms with Crippen LogP contribution in [-0.2, 0) is 0 Å². The summed E-state index contributed by atoms with van der Waals surface area (Å²) in [5.74, 6) is -0.354. The van der Waals surface area contributed by atoms with E-state index in [2.05, 4.69) is 15.9 Å². The van der Waals surface area contributed by atoms with E-state index < -0.39 is 11.8 Å². The van der Waals surface area contributed by atoms with E-state index in [-0.39, 0.29) is 17.2 Å². The van der Waals surface area contributed by atoms with Crippen LogP contribution in [0.5, 0.6) is 11.5 Å². The van der Waals surface area contributed by atoms with E-state index in [0.29, 0.717) is 38.3 Å². The average molecular weight is 436 g/mol. The highest BCUT2D eigenvalue weighted by atomic mass is 79.9. The largest absolute Gasteiger partial charge is 0.454 e. The first-order valence-corrected chi connectivity index (χ1v) is 9.30. The summed E-state index contributed by atoms with van der Waals surface area (Å²) in [6, 6.07) is 10.7. The smallest absolute Gasteiger partial charge is 0.314 e. The SMILES string of the molecule is NC(=O)N1CCCN(C(=O)c2ccc(Oc3ccc(Br)cc3)c(F)c2)CC1. The Hall–Kier alpha value is -2.61. The molecule has 0 aromatic heterocycles. The van der Waals surface area contributed by atoms with Gasteiger partial charge in [0.15, 0.2) is 11.6 Å². The van der Waals surface area contributed by atoms with Crippen molar-refractivity contribution in [3.8, 4) is 11.5 Å². The maximum absolute atomic E-state index is 14.4. The molecule has 1 heterocycles. The number of halogens is 2. The van der Waals surface area contributed by atoms with E-state index in [1.54, 1.807) is 29.2 Å². The predicted molar refractivity (Wildman–Crippen MR) is 102 cm³/mol. The lowest BCUT2D eigenvalue weighted by Crippen LogP contribution is -2.39. The van der Waals surface area contributed by atoms with E-state index in [9.17, 15) is 14.0 Å². The number of carbonyl (C=O) groups is 2. The van der Waals surface area contributed by atoms with Crippen molar-refractivity contribution in [3.05, 3.63) is 58.3 Å². The van der Waals surface area contributed by atoms with Gasteiger partial charge in [-0.3, -0.25) is 4.79 Å². The molecule has 6 nitrogen and oxygen atoms in total. The Morgan fingerprint density at radius 1 is 1.00 bits per heavy atom. The summed E-state index contributed by atoms with van der Waals surface area (Å²) >= 11 is 3.33. The lowest BCUT2D eigenvalue weighted by Gasteiger charge is -2.21. The van der Waals surface area contributed by atoms with Crippen LogP contribution in [0, 0.1) is 5.82 Å². The summed E-state index contributed by atoms with van der Waals surface area (Å²) in [4.78, 5) is 27.1. The van der Waals surface area contributed by atoms with Gasteiger partial charge >= 0.3 is 6.03 Å². The van der Waals surface area contributed by atoms with Gasteiger partial charge in [-0.25, -0.2) is 9.18 Å². The van der Waals surface area contributed by atoms with Crippen molar-refractivity contribution in [2.24, 2.45) is 5.73 Å². The van der Waals surface area contributed by atoms with Crippen molar-refractivity contribution >= 4 is 27.9 Å². The average Bonchev–Trinajstić information content (AvgIpc) is 2.91. The maximum atomic E-state index is 14.4. The molecule has 142 valence electrons. The molecule has 3 rings (SSSR count). The molecule has 1 aliphatic heterocycles. The van der Waals surface area contributed by atoms with Crippen LogP contribution in [0.4, 0.5) is 9.18 Å². The molecule has 27 heavy (non-hydrogen) atoms. The molecule has 2 aromatic rings. The molecule has 2 N–H and O–H groups in total. The number of hydrogen-bond acceptors (Lipinski definition) is 3. The van der Waals surface area contributed by atoms with Gasteiger partial charge in [-0.1, -0.05) is 15.9 Å². The third kappa shape index (κ3) is 4.77. The Morgan fingerprint density at radius 3 is 2.33 bits per heavy atom. The molecule has 8 heteroatoms. The number of ether oxygens (including phenoxy) is 1. The molecule has 1 aliphatic rings. The maximum Gasteiger partial charge on any atom is 0.314 e. The van der Waals surface area contributed by atoms with Gasteiger partial charge in [-0.2, -0.15) is 0 Å². The first kappa shape index (κ1) is 19.2. The third-order valence-electron chi connectivity index (χ3n) is 4.32. The first-order chi connectivity index (χ1) is 12.9. The zero-order chi connectivity index (χ0) is 19.4. The highest BCUT2D eigenvalue weighted by Gasteiger charge is 2.22. The van der Waals surface area contributed by atoms with Gasteiger partial charge in [-0.15, -0.1) is 0 Å². The van der Waals surface area contributed by atoms with E-state index >= 15 is 0 Å². The predicted octanol–water partition coefficient (Wildman–Crippen LogP) is 3.61. The minimum atomic E-state index is -0.614.